The Morgan fingerprint density at radius 3 is 2.41 bits per heavy atom. The molecule has 39 heavy (non-hydrogen) atoms. The van der Waals surface area contributed by atoms with E-state index >= 15 is 0 Å². The topological polar surface area (TPSA) is 150 Å². The van der Waals surface area contributed by atoms with Gasteiger partial charge in [-0.15, -0.1) is 0 Å². The lowest BCUT2D eigenvalue weighted by atomic mass is 9.82. The molecule has 1 saturated heterocycles. The van der Waals surface area contributed by atoms with Gasteiger partial charge in [0.25, 0.3) is 0 Å². The fourth-order valence-corrected chi connectivity index (χ4v) is 5.06. The van der Waals surface area contributed by atoms with Crippen LogP contribution in [0.1, 0.15) is 49.8 Å². The summed E-state index contributed by atoms with van der Waals surface area (Å²) in [6.07, 6.45) is 0.421. The first-order valence-electron chi connectivity index (χ1n) is 13.5. The van der Waals surface area contributed by atoms with Crippen LogP contribution in [0.15, 0.2) is 30.3 Å². The highest BCUT2D eigenvalue weighted by Gasteiger charge is 2.39. The van der Waals surface area contributed by atoms with Crippen LogP contribution in [-0.4, -0.2) is 84.4 Å². The molecule has 2 aromatic carbocycles. The fourth-order valence-electron chi connectivity index (χ4n) is 5.06. The Morgan fingerprint density at radius 1 is 1.00 bits per heavy atom. The summed E-state index contributed by atoms with van der Waals surface area (Å²) in [5, 5.41) is 54.2. The van der Waals surface area contributed by atoms with Crippen molar-refractivity contribution in [3.63, 3.8) is 0 Å². The van der Waals surface area contributed by atoms with E-state index < -0.39 is 12.2 Å². The smallest absolute Gasteiger partial charge is 0.200 e. The number of phenolic OH excluding ortho intramolecular Hbond substituents is 2. The second kappa shape index (κ2) is 15.1. The Kier molecular flexibility index (Phi) is 11.9. The van der Waals surface area contributed by atoms with Crippen molar-refractivity contribution in [2.75, 3.05) is 40.5 Å². The van der Waals surface area contributed by atoms with Crippen LogP contribution in [0.5, 0.6) is 28.7 Å². The number of aliphatic hydroxyl groups excluding tert-OH is 3. The van der Waals surface area contributed by atoms with E-state index in [1.807, 2.05) is 13.0 Å². The Morgan fingerprint density at radius 2 is 1.74 bits per heavy atom. The summed E-state index contributed by atoms with van der Waals surface area (Å²) >= 11 is 0. The molecule has 218 valence electrons. The zero-order valence-electron chi connectivity index (χ0n) is 23.0. The number of benzene rings is 2. The molecule has 0 saturated carbocycles. The fraction of sp³-hybridized carbons (Fsp3) is 0.586. The molecule has 1 aliphatic heterocycles. The molecule has 0 bridgehead atoms. The first-order valence-corrected chi connectivity index (χ1v) is 13.5. The van der Waals surface area contributed by atoms with Crippen LogP contribution >= 0.6 is 0 Å². The number of rotatable bonds is 15. The lowest BCUT2D eigenvalue weighted by molar-refractivity contribution is -0.144. The van der Waals surface area contributed by atoms with Crippen molar-refractivity contribution < 1.29 is 44.5 Å². The second-order valence-electron chi connectivity index (χ2n) is 9.83. The van der Waals surface area contributed by atoms with Crippen molar-refractivity contribution in [1.82, 2.24) is 5.32 Å². The van der Waals surface area contributed by atoms with Crippen LogP contribution in [0.25, 0.3) is 0 Å². The molecule has 10 nitrogen and oxygen atoms in total. The monoisotopic (exact) mass is 549 g/mol. The van der Waals surface area contributed by atoms with Gasteiger partial charge < -0.3 is 49.8 Å². The van der Waals surface area contributed by atoms with Gasteiger partial charge >= 0.3 is 0 Å². The zero-order chi connectivity index (χ0) is 28.4. The Hall–Kier alpha value is -2.76. The predicted octanol–water partition coefficient (Wildman–Crippen LogP) is 2.68. The SMILES string of the molecule is CCNC[C@H](CCO)Oc1cc([C@@H]2O[C@@H](CCc3ccc(O)c(OC)c3)C[C@H](O)[C@H]2CCO)cc(OC)c1O. The molecule has 10 heteroatoms. The van der Waals surface area contributed by atoms with Gasteiger partial charge in [0.15, 0.2) is 23.0 Å². The highest BCUT2D eigenvalue weighted by atomic mass is 16.5. The maximum absolute atomic E-state index is 11.1. The minimum atomic E-state index is -0.713. The van der Waals surface area contributed by atoms with Gasteiger partial charge in [0.1, 0.15) is 6.10 Å². The first kappa shape index (κ1) is 30.8. The Labute approximate surface area is 230 Å². The minimum absolute atomic E-state index is 0.0707. The predicted molar refractivity (Wildman–Crippen MR) is 146 cm³/mol. The number of nitrogens with one attached hydrogen (secondary N) is 1. The largest absolute Gasteiger partial charge is 0.504 e. The number of hydrogen-bond acceptors (Lipinski definition) is 10. The molecule has 0 spiro atoms. The van der Waals surface area contributed by atoms with Crippen molar-refractivity contribution >= 4 is 0 Å². The van der Waals surface area contributed by atoms with E-state index in [1.54, 1.807) is 24.3 Å². The molecule has 0 unspecified atom stereocenters. The molecule has 1 aliphatic rings. The van der Waals surface area contributed by atoms with Crippen LogP contribution in [0.3, 0.4) is 0 Å². The van der Waals surface area contributed by atoms with E-state index in [1.165, 1.54) is 14.2 Å². The number of aromatic hydroxyl groups is 2. The van der Waals surface area contributed by atoms with Gasteiger partial charge in [-0.2, -0.15) is 0 Å². The van der Waals surface area contributed by atoms with Gasteiger partial charge in [0.05, 0.1) is 32.5 Å². The first-order chi connectivity index (χ1) is 18.8. The minimum Gasteiger partial charge on any atom is -0.504 e. The number of aryl methyl sites for hydroxylation is 1. The van der Waals surface area contributed by atoms with Crippen LogP contribution in [0, 0.1) is 5.92 Å². The van der Waals surface area contributed by atoms with Crippen molar-refractivity contribution in [3.05, 3.63) is 41.5 Å². The highest BCUT2D eigenvalue weighted by Crippen LogP contribution is 2.45. The van der Waals surface area contributed by atoms with Crippen molar-refractivity contribution in [2.24, 2.45) is 5.92 Å². The Balaban J connectivity index is 1.87. The summed E-state index contributed by atoms with van der Waals surface area (Å²) in [5.41, 5.74) is 1.62. The summed E-state index contributed by atoms with van der Waals surface area (Å²) in [5.74, 6) is 0.331. The third-order valence-electron chi connectivity index (χ3n) is 7.17. The van der Waals surface area contributed by atoms with E-state index in [0.717, 1.165) is 12.1 Å². The normalized spacial score (nSPS) is 21.9. The third kappa shape index (κ3) is 8.12. The summed E-state index contributed by atoms with van der Waals surface area (Å²) in [6, 6.07) is 8.56. The molecule has 0 aliphatic carbocycles. The molecule has 1 fully saturated rings. The van der Waals surface area contributed by atoms with Crippen LogP contribution in [0.4, 0.5) is 0 Å². The van der Waals surface area contributed by atoms with E-state index in [4.69, 9.17) is 18.9 Å². The quantitative estimate of drug-likeness (QED) is 0.196. The summed E-state index contributed by atoms with van der Waals surface area (Å²) in [4.78, 5) is 0. The van der Waals surface area contributed by atoms with E-state index in [9.17, 15) is 25.5 Å². The van der Waals surface area contributed by atoms with Gasteiger partial charge in [-0.05, 0) is 67.6 Å². The zero-order valence-corrected chi connectivity index (χ0v) is 23.0. The average molecular weight is 550 g/mol. The van der Waals surface area contributed by atoms with Gasteiger partial charge in [-0.3, -0.25) is 0 Å². The number of phenols is 2. The molecule has 0 amide bonds. The van der Waals surface area contributed by atoms with Crippen molar-refractivity contribution in [1.29, 1.82) is 0 Å². The van der Waals surface area contributed by atoms with Gasteiger partial charge in [-0.25, -0.2) is 0 Å². The van der Waals surface area contributed by atoms with Crippen molar-refractivity contribution in [3.8, 4) is 28.7 Å². The average Bonchev–Trinajstić information content (AvgIpc) is 2.93. The van der Waals surface area contributed by atoms with E-state index in [0.29, 0.717) is 50.0 Å². The number of methoxy groups -OCH3 is 2. The molecule has 2 aromatic rings. The maximum atomic E-state index is 11.1. The Bertz CT molecular complexity index is 1030. The molecular formula is C29H43NO9. The molecule has 1 heterocycles. The number of aliphatic hydroxyl groups is 3. The molecule has 0 radical (unpaired) electrons. The van der Waals surface area contributed by atoms with Crippen LogP contribution in [-0.2, 0) is 11.2 Å². The highest BCUT2D eigenvalue weighted by molar-refractivity contribution is 5.53. The molecule has 6 N–H and O–H groups in total. The van der Waals surface area contributed by atoms with Gasteiger partial charge in [0, 0.05) is 32.1 Å². The van der Waals surface area contributed by atoms with Gasteiger partial charge in [-0.1, -0.05) is 13.0 Å². The van der Waals surface area contributed by atoms with Gasteiger partial charge in [0.2, 0.25) is 5.75 Å². The molecular weight excluding hydrogens is 506 g/mol. The van der Waals surface area contributed by atoms with Crippen molar-refractivity contribution in [2.45, 2.75) is 63.4 Å². The molecule has 0 aromatic heterocycles. The summed E-state index contributed by atoms with van der Waals surface area (Å²) in [7, 11) is 2.95. The third-order valence-corrected chi connectivity index (χ3v) is 7.17. The van der Waals surface area contributed by atoms with E-state index in [2.05, 4.69) is 5.32 Å². The lowest BCUT2D eigenvalue weighted by Crippen LogP contribution is -2.40. The molecule has 3 rings (SSSR count). The number of likely N-dealkylation sites (N-methyl/N-ethyl adjacent to an activating group) is 1. The number of ether oxygens (including phenoxy) is 4. The van der Waals surface area contributed by atoms with Crippen LogP contribution in [0.2, 0.25) is 0 Å². The molecule has 5 atom stereocenters. The summed E-state index contributed by atoms with van der Waals surface area (Å²) < 4.78 is 23.3. The van der Waals surface area contributed by atoms with Crippen LogP contribution < -0.4 is 19.5 Å². The van der Waals surface area contributed by atoms with E-state index in [-0.39, 0.29) is 54.3 Å². The lowest BCUT2D eigenvalue weighted by Gasteiger charge is -2.40. The maximum Gasteiger partial charge on any atom is 0.200 e. The standard InChI is InChI=1S/C29H43NO9/c1-4-30-17-21(9-11-31)38-27-15-19(14-26(37-3)28(27)35)29-22(10-12-32)24(34)16-20(39-29)7-5-18-6-8-23(33)25(13-18)36-2/h6,8,13-15,20-22,24,29-35H,4-5,7,9-12,16-17H2,1-3H3/t20-,21-,22+,24-,29-/m0/s1. The summed E-state index contributed by atoms with van der Waals surface area (Å²) in [6.45, 7) is 3.01. The number of hydrogen-bond donors (Lipinski definition) is 6. The second-order valence-corrected chi connectivity index (χ2v) is 9.83.